The number of para-hydroxylation sites is 1. The average molecular weight is 392 g/mol. The molecule has 2 aromatic rings. The number of hydrogen-bond acceptors (Lipinski definition) is 5. The molecule has 7 heteroatoms. The molecule has 7 nitrogen and oxygen atoms in total. The fourth-order valence-electron chi connectivity index (χ4n) is 3.82. The second-order valence-electron chi connectivity index (χ2n) is 7.85. The van der Waals surface area contributed by atoms with Crippen molar-refractivity contribution < 1.29 is 14.3 Å². The summed E-state index contributed by atoms with van der Waals surface area (Å²) < 4.78 is 6.85. The first-order valence-corrected chi connectivity index (χ1v) is 10.1. The number of aromatic nitrogens is 2. The summed E-state index contributed by atoms with van der Waals surface area (Å²) in [5, 5.41) is 16.8. The number of benzene rings is 1. The number of nitriles is 1. The number of carbonyl (C=O) groups excluding carboxylic acids is 2. The first-order valence-electron chi connectivity index (χ1n) is 10.1. The fraction of sp³-hybridized carbons (Fsp3) is 0.455. The molecule has 29 heavy (non-hydrogen) atoms. The monoisotopic (exact) mass is 392 g/mol. The van der Waals surface area contributed by atoms with Crippen molar-refractivity contribution in [3.63, 3.8) is 0 Å². The van der Waals surface area contributed by atoms with Crippen LogP contribution < -0.4 is 5.32 Å². The van der Waals surface area contributed by atoms with E-state index in [2.05, 4.69) is 16.5 Å². The minimum absolute atomic E-state index is 0.304. The van der Waals surface area contributed by atoms with Gasteiger partial charge in [-0.3, -0.25) is 4.79 Å². The van der Waals surface area contributed by atoms with E-state index in [0.717, 1.165) is 43.5 Å². The van der Waals surface area contributed by atoms with E-state index in [9.17, 15) is 14.9 Å². The lowest BCUT2D eigenvalue weighted by Crippen LogP contribution is -2.50. The largest absolute Gasteiger partial charge is 0.451 e. The van der Waals surface area contributed by atoms with Crippen LogP contribution in [0.3, 0.4) is 0 Å². The van der Waals surface area contributed by atoms with Crippen molar-refractivity contribution in [2.75, 3.05) is 6.61 Å². The summed E-state index contributed by atoms with van der Waals surface area (Å²) in [5.74, 6) is -0.662. The zero-order valence-corrected chi connectivity index (χ0v) is 16.3. The highest BCUT2D eigenvalue weighted by Crippen LogP contribution is 2.39. The maximum atomic E-state index is 12.7. The van der Waals surface area contributed by atoms with E-state index < -0.39 is 24.0 Å². The Balaban J connectivity index is 1.44. The van der Waals surface area contributed by atoms with E-state index in [1.165, 1.54) is 0 Å². The number of hydrogen-bond donors (Lipinski definition) is 1. The molecule has 4 rings (SSSR count). The van der Waals surface area contributed by atoms with Gasteiger partial charge in [0.1, 0.15) is 5.54 Å². The number of rotatable bonds is 6. The minimum atomic E-state index is -0.841. The quantitative estimate of drug-likeness (QED) is 0.761. The predicted octanol–water partition coefficient (Wildman–Crippen LogP) is 3.25. The van der Waals surface area contributed by atoms with E-state index in [1.807, 2.05) is 30.3 Å². The molecule has 0 saturated heterocycles. The summed E-state index contributed by atoms with van der Waals surface area (Å²) >= 11 is 0. The molecule has 0 bridgehead atoms. The molecule has 1 amide bonds. The Bertz CT molecular complexity index is 935. The number of ether oxygens (including phenoxy) is 1. The molecule has 2 aliphatic rings. The molecule has 0 unspecified atom stereocenters. The van der Waals surface area contributed by atoms with Crippen molar-refractivity contribution in [3.8, 4) is 11.8 Å². The van der Waals surface area contributed by atoms with E-state index >= 15 is 0 Å². The van der Waals surface area contributed by atoms with Crippen molar-refractivity contribution in [2.45, 2.75) is 56.4 Å². The molecule has 2 saturated carbocycles. The normalized spacial score (nSPS) is 17.9. The van der Waals surface area contributed by atoms with Crippen molar-refractivity contribution >= 4 is 11.9 Å². The number of carbonyl (C=O) groups is 2. The molecule has 0 radical (unpaired) electrons. The molecular weight excluding hydrogens is 368 g/mol. The lowest BCUT2D eigenvalue weighted by molar-refractivity contribution is -0.125. The third-order valence-corrected chi connectivity index (χ3v) is 5.57. The smallest absolute Gasteiger partial charge is 0.357 e. The van der Waals surface area contributed by atoms with E-state index in [-0.39, 0.29) is 0 Å². The summed E-state index contributed by atoms with van der Waals surface area (Å²) in [4.78, 5) is 25.0. The van der Waals surface area contributed by atoms with Crippen LogP contribution in [-0.4, -0.2) is 33.8 Å². The van der Waals surface area contributed by atoms with Crippen LogP contribution in [0.2, 0.25) is 0 Å². The third kappa shape index (κ3) is 4.32. The van der Waals surface area contributed by atoms with Crippen LogP contribution in [0.4, 0.5) is 0 Å². The van der Waals surface area contributed by atoms with Crippen molar-refractivity contribution in [1.29, 1.82) is 5.26 Å². The SMILES string of the molecule is N#CC1(NC(=O)COC(=O)c2cc(C3CC3)nn2-c2ccccc2)CCCCC1. The van der Waals surface area contributed by atoms with Gasteiger partial charge in [0.25, 0.3) is 5.91 Å². The average Bonchev–Trinajstić information content (AvgIpc) is 3.51. The summed E-state index contributed by atoms with van der Waals surface area (Å²) in [6.07, 6.45) is 6.30. The zero-order valence-electron chi connectivity index (χ0n) is 16.3. The molecule has 1 heterocycles. The standard InChI is InChI=1S/C22H24N4O3/c23-15-22(11-5-2-6-12-22)24-20(27)14-29-21(28)19-13-18(16-9-10-16)25-26(19)17-7-3-1-4-8-17/h1,3-4,7-8,13,16H,2,5-6,9-12,14H2,(H,24,27). The highest BCUT2D eigenvalue weighted by molar-refractivity contribution is 5.90. The molecule has 1 aromatic heterocycles. The van der Waals surface area contributed by atoms with Gasteiger partial charge in [0.2, 0.25) is 0 Å². The third-order valence-electron chi connectivity index (χ3n) is 5.57. The molecule has 0 atom stereocenters. The van der Waals surface area contributed by atoms with Gasteiger partial charge in [-0.2, -0.15) is 10.4 Å². The van der Waals surface area contributed by atoms with E-state index in [4.69, 9.17) is 4.74 Å². The van der Waals surface area contributed by atoms with Gasteiger partial charge in [0, 0.05) is 5.92 Å². The first kappa shape index (κ1) is 19.2. The first-order chi connectivity index (χ1) is 14.1. The van der Waals surface area contributed by atoms with Crippen LogP contribution in [0.25, 0.3) is 5.69 Å². The van der Waals surface area contributed by atoms with Crippen LogP contribution in [0, 0.1) is 11.3 Å². The van der Waals surface area contributed by atoms with E-state index in [1.54, 1.807) is 10.7 Å². The van der Waals surface area contributed by atoms with Gasteiger partial charge in [0.15, 0.2) is 12.3 Å². The van der Waals surface area contributed by atoms with Crippen LogP contribution >= 0.6 is 0 Å². The summed E-state index contributed by atoms with van der Waals surface area (Å²) in [6.45, 7) is -0.416. The molecule has 1 aromatic carbocycles. The van der Waals surface area contributed by atoms with Crippen LogP contribution in [0.1, 0.15) is 67.0 Å². The van der Waals surface area contributed by atoms with Crippen molar-refractivity contribution in [3.05, 3.63) is 47.8 Å². The molecule has 0 aliphatic heterocycles. The molecule has 150 valence electrons. The molecular formula is C22H24N4O3. The van der Waals surface area contributed by atoms with Crippen LogP contribution in [0.15, 0.2) is 36.4 Å². The number of nitrogens with zero attached hydrogens (tertiary/aromatic N) is 3. The van der Waals surface area contributed by atoms with E-state index in [0.29, 0.717) is 24.5 Å². The van der Waals surface area contributed by atoms with Gasteiger partial charge in [-0.15, -0.1) is 0 Å². The summed E-state index contributed by atoms with van der Waals surface area (Å²) in [5.41, 5.74) is 1.10. The number of amides is 1. The highest BCUT2D eigenvalue weighted by atomic mass is 16.5. The Labute approximate surface area is 169 Å². The second-order valence-corrected chi connectivity index (χ2v) is 7.85. The lowest BCUT2D eigenvalue weighted by atomic mass is 9.83. The Morgan fingerprint density at radius 3 is 2.59 bits per heavy atom. The van der Waals surface area contributed by atoms with Gasteiger partial charge in [0.05, 0.1) is 17.5 Å². The molecule has 0 spiro atoms. The number of nitrogens with one attached hydrogen (secondary N) is 1. The Morgan fingerprint density at radius 1 is 1.21 bits per heavy atom. The van der Waals surface area contributed by atoms with Gasteiger partial charge in [-0.1, -0.05) is 37.5 Å². The Hall–Kier alpha value is -3.14. The van der Waals surface area contributed by atoms with Crippen molar-refractivity contribution in [1.82, 2.24) is 15.1 Å². The Morgan fingerprint density at radius 2 is 1.93 bits per heavy atom. The summed E-state index contributed by atoms with van der Waals surface area (Å²) in [7, 11) is 0. The number of esters is 1. The van der Waals surface area contributed by atoms with Crippen LogP contribution in [0.5, 0.6) is 0 Å². The maximum Gasteiger partial charge on any atom is 0.357 e. The fourth-order valence-corrected chi connectivity index (χ4v) is 3.82. The van der Waals surface area contributed by atoms with Crippen molar-refractivity contribution in [2.24, 2.45) is 0 Å². The van der Waals surface area contributed by atoms with Gasteiger partial charge in [-0.05, 0) is 43.9 Å². The lowest BCUT2D eigenvalue weighted by Gasteiger charge is -2.31. The molecule has 1 N–H and O–H groups in total. The molecule has 2 fully saturated rings. The van der Waals surface area contributed by atoms with Crippen LogP contribution in [-0.2, 0) is 9.53 Å². The second kappa shape index (κ2) is 8.08. The summed E-state index contributed by atoms with van der Waals surface area (Å²) in [6, 6.07) is 13.4. The van der Waals surface area contributed by atoms with Gasteiger partial charge >= 0.3 is 5.97 Å². The maximum absolute atomic E-state index is 12.7. The van der Waals surface area contributed by atoms with Gasteiger partial charge in [-0.25, -0.2) is 9.48 Å². The topological polar surface area (TPSA) is 97.0 Å². The Kier molecular flexibility index (Phi) is 5.34. The van der Waals surface area contributed by atoms with Gasteiger partial charge < -0.3 is 10.1 Å². The zero-order chi connectivity index (χ0) is 20.3. The predicted molar refractivity (Wildman–Crippen MR) is 105 cm³/mol. The molecule has 2 aliphatic carbocycles. The highest BCUT2D eigenvalue weighted by Gasteiger charge is 2.34. The minimum Gasteiger partial charge on any atom is -0.451 e.